The molecule has 112 valence electrons. The van der Waals surface area contributed by atoms with E-state index >= 15 is 0 Å². The summed E-state index contributed by atoms with van der Waals surface area (Å²) in [4.78, 5) is 0. The Hall–Kier alpha value is -1.00. The molecule has 20 heavy (non-hydrogen) atoms. The third-order valence-electron chi connectivity index (χ3n) is 3.28. The van der Waals surface area contributed by atoms with Crippen molar-refractivity contribution >= 4 is 8.32 Å². The molecule has 4 heteroatoms. The average molecular weight is 298 g/mol. The first-order chi connectivity index (χ1) is 9.39. The molecule has 0 N–H and O–H groups in total. The second-order valence-electron chi connectivity index (χ2n) is 5.66. The van der Waals surface area contributed by atoms with Crippen LogP contribution in [0, 0.1) is 11.6 Å². The summed E-state index contributed by atoms with van der Waals surface area (Å²) >= 11 is 0. The van der Waals surface area contributed by atoms with E-state index in [0.717, 1.165) is 31.0 Å². The second-order valence-corrected chi connectivity index (χ2v) is 9.92. The zero-order valence-electron chi connectivity index (χ0n) is 12.6. The quantitative estimate of drug-likeness (QED) is 0.448. The molecule has 1 aromatic rings. The molecule has 0 heterocycles. The van der Waals surface area contributed by atoms with E-state index in [1.807, 2.05) is 0 Å². The number of halogens is 2. The van der Waals surface area contributed by atoms with E-state index in [4.69, 9.17) is 4.43 Å². The van der Waals surface area contributed by atoms with Crippen LogP contribution in [0.1, 0.15) is 37.9 Å². The van der Waals surface area contributed by atoms with Crippen molar-refractivity contribution in [2.75, 3.05) is 0 Å². The first-order valence-corrected chi connectivity index (χ1v) is 10.2. The van der Waals surface area contributed by atoms with E-state index in [-0.39, 0.29) is 0 Å². The molecule has 1 atom stereocenters. The molecule has 1 rings (SSSR count). The lowest BCUT2D eigenvalue weighted by Gasteiger charge is -2.29. The number of hydrogen-bond donors (Lipinski definition) is 0. The Bertz CT molecular complexity index is 446. The molecule has 0 saturated carbocycles. The highest BCUT2D eigenvalue weighted by Gasteiger charge is 2.28. The molecular weight excluding hydrogens is 274 g/mol. The van der Waals surface area contributed by atoms with Crippen LogP contribution >= 0.6 is 0 Å². The fourth-order valence-electron chi connectivity index (χ4n) is 2.20. The molecule has 0 fully saturated rings. The summed E-state index contributed by atoms with van der Waals surface area (Å²) in [7, 11) is -1.88. The van der Waals surface area contributed by atoms with Gasteiger partial charge in [-0.3, -0.25) is 0 Å². The fourth-order valence-corrected chi connectivity index (χ4v) is 4.51. The lowest BCUT2D eigenvalue weighted by Crippen LogP contribution is -2.32. The van der Waals surface area contributed by atoms with Gasteiger partial charge in [-0.05, 0) is 43.8 Å². The molecule has 0 amide bonds. The highest BCUT2D eigenvalue weighted by molar-refractivity contribution is 6.71. The molecular formula is C16H24F2OSi. The summed E-state index contributed by atoms with van der Waals surface area (Å²) in [6.07, 6.45) is 3.95. The van der Waals surface area contributed by atoms with Crippen molar-refractivity contribution in [3.05, 3.63) is 48.1 Å². The van der Waals surface area contributed by atoms with Crippen LogP contribution in [-0.4, -0.2) is 8.32 Å². The largest absolute Gasteiger partial charge is 0.410 e. The minimum absolute atomic E-state index is 0.293. The Morgan fingerprint density at radius 2 is 2.05 bits per heavy atom. The van der Waals surface area contributed by atoms with Gasteiger partial charge in [0.1, 0.15) is 11.6 Å². The van der Waals surface area contributed by atoms with Crippen molar-refractivity contribution in [2.24, 2.45) is 0 Å². The van der Waals surface area contributed by atoms with E-state index in [0.29, 0.717) is 12.0 Å². The molecule has 0 spiro atoms. The van der Waals surface area contributed by atoms with Crippen molar-refractivity contribution < 1.29 is 13.2 Å². The molecule has 0 aliphatic rings. The Balaban J connectivity index is 2.93. The Kier molecular flexibility index (Phi) is 6.56. The van der Waals surface area contributed by atoms with Crippen LogP contribution in [0.25, 0.3) is 0 Å². The number of hydrogen-bond acceptors (Lipinski definition) is 1. The lowest BCUT2D eigenvalue weighted by atomic mass is 10.1. The van der Waals surface area contributed by atoms with Crippen LogP contribution in [-0.2, 0) is 4.43 Å². The van der Waals surface area contributed by atoms with Gasteiger partial charge in [0.2, 0.25) is 0 Å². The van der Waals surface area contributed by atoms with Crippen LogP contribution in [0.3, 0.4) is 0 Å². The minimum atomic E-state index is -1.88. The normalized spacial score (nSPS) is 13.2. The van der Waals surface area contributed by atoms with Gasteiger partial charge < -0.3 is 4.43 Å². The maximum atomic E-state index is 13.9. The summed E-state index contributed by atoms with van der Waals surface area (Å²) in [5.41, 5.74) is 0.293. The van der Waals surface area contributed by atoms with Gasteiger partial charge in [-0.1, -0.05) is 25.8 Å². The van der Waals surface area contributed by atoms with E-state index in [9.17, 15) is 8.78 Å². The van der Waals surface area contributed by atoms with E-state index in [1.54, 1.807) is 6.08 Å². The average Bonchev–Trinajstić information content (AvgIpc) is 2.38. The molecule has 1 unspecified atom stereocenters. The van der Waals surface area contributed by atoms with Crippen molar-refractivity contribution in [1.29, 1.82) is 0 Å². The van der Waals surface area contributed by atoms with Crippen LogP contribution < -0.4 is 0 Å². The number of unbranched alkanes of at least 4 members (excludes halogenated alkanes) is 1. The Morgan fingerprint density at radius 3 is 2.65 bits per heavy atom. The molecule has 0 saturated heterocycles. The van der Waals surface area contributed by atoms with Crippen molar-refractivity contribution in [1.82, 2.24) is 0 Å². The smallest absolute Gasteiger partial charge is 0.187 e. The first kappa shape index (κ1) is 17.0. The molecule has 0 radical (unpaired) electrons. The van der Waals surface area contributed by atoms with E-state index in [2.05, 4.69) is 26.6 Å². The summed E-state index contributed by atoms with van der Waals surface area (Å²) in [6.45, 7) is 10.1. The topological polar surface area (TPSA) is 9.23 Å². The monoisotopic (exact) mass is 298 g/mol. The summed E-state index contributed by atoms with van der Waals surface area (Å²) in [5, 5.41) is 0. The summed E-state index contributed by atoms with van der Waals surface area (Å²) < 4.78 is 33.4. The maximum absolute atomic E-state index is 13.9. The van der Waals surface area contributed by atoms with E-state index < -0.39 is 26.1 Å². The van der Waals surface area contributed by atoms with Gasteiger partial charge in [0.25, 0.3) is 0 Å². The van der Waals surface area contributed by atoms with Gasteiger partial charge in [0, 0.05) is 5.56 Å². The third kappa shape index (κ3) is 5.17. The predicted octanol–water partition coefficient (Wildman–Crippen LogP) is 5.60. The fraction of sp³-hybridized carbons (Fsp3) is 0.500. The molecule has 0 aliphatic heterocycles. The predicted molar refractivity (Wildman–Crippen MR) is 82.2 cm³/mol. The van der Waals surface area contributed by atoms with Crippen molar-refractivity contribution in [3.63, 3.8) is 0 Å². The Labute approximate surface area is 121 Å². The van der Waals surface area contributed by atoms with Gasteiger partial charge in [-0.2, -0.15) is 0 Å². The Morgan fingerprint density at radius 1 is 1.35 bits per heavy atom. The van der Waals surface area contributed by atoms with E-state index in [1.165, 1.54) is 6.07 Å². The number of rotatable bonds is 8. The van der Waals surface area contributed by atoms with Gasteiger partial charge in [0.05, 0.1) is 6.10 Å². The zero-order chi connectivity index (χ0) is 15.2. The molecule has 0 aromatic heterocycles. The van der Waals surface area contributed by atoms with Gasteiger partial charge in [-0.15, -0.1) is 6.58 Å². The standard InChI is InChI=1S/C16H24F2OSi/c1-5-7-11-20(3,4)19-16(8-6-2)14-12-13(17)9-10-15(14)18/h6,9-10,12,16H,2,5,7-8,11H2,1,3-4H3. The summed E-state index contributed by atoms with van der Waals surface area (Å²) in [6, 6.07) is 4.54. The highest BCUT2D eigenvalue weighted by atomic mass is 28.4. The van der Waals surface area contributed by atoms with Crippen LogP contribution in [0.2, 0.25) is 19.1 Å². The highest BCUT2D eigenvalue weighted by Crippen LogP contribution is 2.30. The third-order valence-corrected chi connectivity index (χ3v) is 5.76. The maximum Gasteiger partial charge on any atom is 0.187 e. The lowest BCUT2D eigenvalue weighted by molar-refractivity contribution is 0.192. The van der Waals surface area contributed by atoms with Gasteiger partial charge >= 0.3 is 0 Å². The van der Waals surface area contributed by atoms with Crippen molar-refractivity contribution in [2.45, 2.75) is 51.4 Å². The minimum Gasteiger partial charge on any atom is -0.410 e. The SMILES string of the molecule is C=CCC(O[Si](C)(C)CCCC)c1cc(F)ccc1F. The van der Waals surface area contributed by atoms with Gasteiger partial charge in [0.15, 0.2) is 8.32 Å². The molecule has 1 nitrogen and oxygen atoms in total. The van der Waals surface area contributed by atoms with Gasteiger partial charge in [-0.25, -0.2) is 8.78 Å². The molecule has 0 aliphatic carbocycles. The van der Waals surface area contributed by atoms with Crippen LogP contribution in [0.4, 0.5) is 8.78 Å². The first-order valence-electron chi connectivity index (χ1n) is 7.13. The van der Waals surface area contributed by atoms with Crippen LogP contribution in [0.15, 0.2) is 30.9 Å². The van der Waals surface area contributed by atoms with Crippen molar-refractivity contribution in [3.8, 4) is 0 Å². The number of benzene rings is 1. The van der Waals surface area contributed by atoms with Crippen LogP contribution in [0.5, 0.6) is 0 Å². The second kappa shape index (κ2) is 7.69. The molecule has 0 bridgehead atoms. The summed E-state index contributed by atoms with van der Waals surface area (Å²) in [5.74, 6) is -0.856. The zero-order valence-corrected chi connectivity index (χ0v) is 13.6. The molecule has 1 aromatic carbocycles.